The third kappa shape index (κ3) is 4.17. The molecule has 5 rings (SSSR count). The molecule has 2 atom stereocenters. The molecule has 2 aliphatic rings. The second-order valence-corrected chi connectivity index (χ2v) is 8.61. The second-order valence-electron chi connectivity index (χ2n) is 8.61. The third-order valence-corrected chi connectivity index (χ3v) is 6.29. The predicted molar refractivity (Wildman–Crippen MR) is 129 cm³/mol. The van der Waals surface area contributed by atoms with E-state index >= 15 is 0 Å². The maximum absolute atomic E-state index is 13.3. The van der Waals surface area contributed by atoms with Gasteiger partial charge in [0.2, 0.25) is 6.79 Å². The zero-order chi connectivity index (χ0) is 23.7. The van der Waals surface area contributed by atoms with Crippen LogP contribution in [0.5, 0.6) is 11.5 Å². The molecule has 7 heteroatoms. The summed E-state index contributed by atoms with van der Waals surface area (Å²) in [5, 5.41) is 6.46. The lowest BCUT2D eigenvalue weighted by molar-refractivity contribution is 0.0728. The summed E-state index contributed by atoms with van der Waals surface area (Å²) in [5.74, 6) is 1.28. The smallest absolute Gasteiger partial charge is 0.256 e. The highest BCUT2D eigenvalue weighted by Crippen LogP contribution is 2.37. The first-order chi connectivity index (χ1) is 16.5. The van der Waals surface area contributed by atoms with Crippen LogP contribution < -0.4 is 20.1 Å². The van der Waals surface area contributed by atoms with Crippen molar-refractivity contribution in [3.63, 3.8) is 0 Å². The van der Waals surface area contributed by atoms with Gasteiger partial charge in [0.1, 0.15) is 6.17 Å². The number of ether oxygens (including phenoxy) is 2. The molecule has 0 saturated heterocycles. The number of carbonyl (C=O) groups excluding carboxylic acids is 2. The number of carbonyl (C=O) groups is 2. The maximum Gasteiger partial charge on any atom is 0.256 e. The van der Waals surface area contributed by atoms with Crippen molar-refractivity contribution in [3.8, 4) is 11.5 Å². The van der Waals surface area contributed by atoms with Crippen LogP contribution >= 0.6 is 0 Å². The molecule has 0 saturated carbocycles. The van der Waals surface area contributed by atoms with E-state index in [9.17, 15) is 9.59 Å². The van der Waals surface area contributed by atoms with Crippen LogP contribution in [-0.4, -0.2) is 29.5 Å². The van der Waals surface area contributed by atoms with E-state index in [1.54, 1.807) is 12.1 Å². The Kier molecular flexibility index (Phi) is 5.84. The first-order valence-corrected chi connectivity index (χ1v) is 11.5. The summed E-state index contributed by atoms with van der Waals surface area (Å²) in [6.45, 7) is 4.64. The maximum atomic E-state index is 13.3. The molecule has 0 fully saturated rings. The fourth-order valence-electron chi connectivity index (χ4n) is 4.21. The number of fused-ring (bicyclic) bond motifs is 2. The molecule has 2 N–H and O–H groups in total. The fourth-order valence-corrected chi connectivity index (χ4v) is 4.21. The van der Waals surface area contributed by atoms with Gasteiger partial charge < -0.3 is 25.0 Å². The van der Waals surface area contributed by atoms with Crippen LogP contribution in [0.1, 0.15) is 58.3 Å². The average Bonchev–Trinajstić information content (AvgIpc) is 3.43. The molecule has 174 valence electrons. The van der Waals surface area contributed by atoms with E-state index in [-0.39, 0.29) is 30.8 Å². The number of anilines is 1. The normalized spacial score (nSPS) is 16.8. The molecule has 0 aromatic heterocycles. The van der Waals surface area contributed by atoms with Crippen molar-refractivity contribution >= 4 is 17.5 Å². The quantitative estimate of drug-likeness (QED) is 0.537. The fraction of sp³-hybridized carbons (Fsp3) is 0.259. The molecule has 2 aliphatic heterocycles. The van der Waals surface area contributed by atoms with Crippen LogP contribution in [-0.2, 0) is 6.54 Å². The van der Waals surface area contributed by atoms with Crippen molar-refractivity contribution in [2.75, 3.05) is 12.1 Å². The van der Waals surface area contributed by atoms with E-state index in [2.05, 4.69) is 10.6 Å². The lowest BCUT2D eigenvalue weighted by atomic mass is 10.1. The summed E-state index contributed by atoms with van der Waals surface area (Å²) in [4.78, 5) is 27.5. The molecular weight excluding hydrogens is 430 g/mol. The monoisotopic (exact) mass is 457 g/mol. The number of nitrogens with zero attached hydrogens (tertiary/aromatic N) is 1. The lowest BCUT2D eigenvalue weighted by Gasteiger charge is -2.27. The van der Waals surface area contributed by atoms with Gasteiger partial charge in [-0.3, -0.25) is 9.59 Å². The van der Waals surface area contributed by atoms with Crippen molar-refractivity contribution in [3.05, 3.63) is 89.0 Å². The van der Waals surface area contributed by atoms with Crippen molar-refractivity contribution in [2.24, 2.45) is 0 Å². The van der Waals surface area contributed by atoms with Gasteiger partial charge in [-0.1, -0.05) is 31.2 Å². The highest BCUT2D eigenvalue weighted by molar-refractivity contribution is 5.99. The molecule has 0 aliphatic carbocycles. The molecule has 3 aromatic carbocycles. The summed E-state index contributed by atoms with van der Waals surface area (Å²) in [5.41, 5.74) is 3.99. The Morgan fingerprint density at radius 3 is 2.62 bits per heavy atom. The number of hydrogen-bond acceptors (Lipinski definition) is 5. The molecule has 2 amide bonds. The Morgan fingerprint density at radius 2 is 1.82 bits per heavy atom. The van der Waals surface area contributed by atoms with Crippen LogP contribution in [0.4, 0.5) is 5.69 Å². The largest absolute Gasteiger partial charge is 0.454 e. The van der Waals surface area contributed by atoms with E-state index in [1.165, 1.54) is 0 Å². The number of hydrogen-bond donors (Lipinski definition) is 2. The zero-order valence-electron chi connectivity index (χ0n) is 19.2. The van der Waals surface area contributed by atoms with Crippen molar-refractivity contribution in [1.29, 1.82) is 0 Å². The first-order valence-electron chi connectivity index (χ1n) is 11.5. The highest BCUT2D eigenvalue weighted by atomic mass is 16.7. The Morgan fingerprint density at radius 1 is 1.06 bits per heavy atom. The van der Waals surface area contributed by atoms with Gasteiger partial charge in [-0.2, -0.15) is 0 Å². The first kappa shape index (κ1) is 21.8. The SMILES string of the molecule is CCC(C)NC(=O)c1ccc(NC2c3ccccc3C(=O)N2Cc2ccc3c(c2)OCO3)cc1. The van der Waals surface area contributed by atoms with E-state index in [0.29, 0.717) is 29.2 Å². The summed E-state index contributed by atoms with van der Waals surface area (Å²) in [6, 6.07) is 20.8. The van der Waals surface area contributed by atoms with E-state index in [4.69, 9.17) is 9.47 Å². The molecule has 0 bridgehead atoms. The van der Waals surface area contributed by atoms with Crippen LogP contribution in [0.15, 0.2) is 66.7 Å². The number of nitrogens with one attached hydrogen (secondary N) is 2. The summed E-state index contributed by atoms with van der Waals surface area (Å²) >= 11 is 0. The third-order valence-electron chi connectivity index (χ3n) is 6.29. The molecular formula is C27H27N3O4. The van der Waals surface area contributed by atoms with Gasteiger partial charge in [0.05, 0.1) is 0 Å². The minimum atomic E-state index is -0.339. The molecule has 7 nitrogen and oxygen atoms in total. The Labute approximate surface area is 198 Å². The Hall–Kier alpha value is -4.00. The van der Waals surface area contributed by atoms with E-state index < -0.39 is 0 Å². The standard InChI is InChI=1S/C27H27N3O4/c1-3-17(2)28-26(31)19-9-11-20(12-10-19)29-25-21-6-4-5-7-22(21)27(32)30(25)15-18-8-13-23-24(14-18)34-16-33-23/h4-14,17,25,29H,3,15-16H2,1-2H3,(H,28,31). The van der Waals surface area contributed by atoms with Gasteiger partial charge in [0, 0.05) is 35.0 Å². The summed E-state index contributed by atoms with van der Waals surface area (Å²) in [7, 11) is 0. The molecule has 3 aromatic rings. The summed E-state index contributed by atoms with van der Waals surface area (Å²) < 4.78 is 10.9. The average molecular weight is 458 g/mol. The van der Waals surface area contributed by atoms with E-state index in [0.717, 1.165) is 23.2 Å². The minimum absolute atomic E-state index is 0.0321. The van der Waals surface area contributed by atoms with Crippen LogP contribution in [0, 0.1) is 0 Å². The van der Waals surface area contributed by atoms with Crippen LogP contribution in [0.3, 0.4) is 0 Å². The van der Waals surface area contributed by atoms with Gasteiger partial charge in [-0.05, 0) is 61.4 Å². The second kappa shape index (κ2) is 9.09. The van der Waals surface area contributed by atoms with Gasteiger partial charge in [0.25, 0.3) is 11.8 Å². The van der Waals surface area contributed by atoms with E-state index in [1.807, 2.05) is 73.3 Å². The van der Waals surface area contributed by atoms with Crippen molar-refractivity contribution < 1.29 is 19.1 Å². The molecule has 0 spiro atoms. The topological polar surface area (TPSA) is 79.9 Å². The number of rotatable bonds is 7. The molecule has 2 heterocycles. The highest BCUT2D eigenvalue weighted by Gasteiger charge is 2.36. The Balaban J connectivity index is 1.38. The van der Waals surface area contributed by atoms with Gasteiger partial charge >= 0.3 is 0 Å². The van der Waals surface area contributed by atoms with Crippen molar-refractivity contribution in [2.45, 2.75) is 39.0 Å². The van der Waals surface area contributed by atoms with Crippen LogP contribution in [0.25, 0.3) is 0 Å². The molecule has 0 radical (unpaired) electrons. The van der Waals surface area contributed by atoms with Gasteiger partial charge in [-0.15, -0.1) is 0 Å². The summed E-state index contributed by atoms with van der Waals surface area (Å²) in [6.07, 6.45) is 0.536. The number of amides is 2. The predicted octanol–water partition coefficient (Wildman–Crippen LogP) is 4.71. The molecule has 2 unspecified atom stereocenters. The zero-order valence-corrected chi connectivity index (χ0v) is 19.2. The van der Waals surface area contributed by atoms with Crippen LogP contribution in [0.2, 0.25) is 0 Å². The van der Waals surface area contributed by atoms with Gasteiger partial charge in [0.15, 0.2) is 11.5 Å². The van der Waals surface area contributed by atoms with Gasteiger partial charge in [-0.25, -0.2) is 0 Å². The molecule has 34 heavy (non-hydrogen) atoms. The minimum Gasteiger partial charge on any atom is -0.454 e. The van der Waals surface area contributed by atoms with Crippen molar-refractivity contribution in [1.82, 2.24) is 10.2 Å². The lowest BCUT2D eigenvalue weighted by Crippen LogP contribution is -2.32. The Bertz CT molecular complexity index is 1220. The number of benzene rings is 3.